The van der Waals surface area contributed by atoms with Gasteiger partial charge in [0.1, 0.15) is 0 Å². The van der Waals surface area contributed by atoms with Crippen molar-refractivity contribution < 1.29 is 9.53 Å². The largest absolute Gasteiger partial charge is 0.334 e. The van der Waals surface area contributed by atoms with Crippen LogP contribution in [0.1, 0.15) is 116 Å². The van der Waals surface area contributed by atoms with Gasteiger partial charge in [0.15, 0.2) is 0 Å². The van der Waals surface area contributed by atoms with Gasteiger partial charge in [-0.1, -0.05) is 45.4 Å². The summed E-state index contributed by atoms with van der Waals surface area (Å²) in [6.07, 6.45) is 25.8. The first-order valence-corrected chi connectivity index (χ1v) is 23.0. The minimum absolute atomic E-state index is 0.0611. The van der Waals surface area contributed by atoms with E-state index in [0.717, 1.165) is 25.4 Å². The Kier molecular flexibility index (Phi) is 16.4. The molecule has 0 radical (unpaired) electrons. The van der Waals surface area contributed by atoms with Gasteiger partial charge in [0.2, 0.25) is 0 Å². The van der Waals surface area contributed by atoms with E-state index in [2.05, 4.69) is 129 Å². The van der Waals surface area contributed by atoms with Crippen molar-refractivity contribution in [2.75, 3.05) is 12.8 Å². The van der Waals surface area contributed by atoms with E-state index in [1.165, 1.54) is 93.0 Å². The molecule has 4 nitrogen and oxygen atoms in total. The summed E-state index contributed by atoms with van der Waals surface area (Å²) in [6.45, 7) is 2.72. The van der Waals surface area contributed by atoms with E-state index in [1.807, 2.05) is 12.5 Å². The number of imidazole rings is 1. The molecule has 0 N–H and O–H groups in total. The summed E-state index contributed by atoms with van der Waals surface area (Å²) in [5.74, 6) is -0.0611. The summed E-state index contributed by atoms with van der Waals surface area (Å²) < 4.78 is 8.10. The first kappa shape index (κ1) is 38.1. The van der Waals surface area contributed by atoms with Crippen LogP contribution in [-0.2, 0) is 9.53 Å². The number of carbonyl (C=O) groups is 1. The number of hydrogen-bond donors (Lipinski definition) is 0. The van der Waals surface area contributed by atoms with Crippen LogP contribution >= 0.6 is 20.8 Å². The Hall–Kier alpha value is -2.75. The Bertz CT molecular complexity index is 1320. The molecule has 0 aliphatic rings. The molecule has 6 heteroatoms. The molecule has 0 aliphatic heterocycles. The van der Waals surface area contributed by atoms with Gasteiger partial charge in [-0.2, -0.15) is 0 Å². The molecule has 1 heterocycles. The minimum Gasteiger partial charge on any atom is -0.334 e. The molecule has 0 amide bonds. The Morgan fingerprint density at radius 3 is 1.65 bits per heavy atom. The summed E-state index contributed by atoms with van der Waals surface area (Å²) in [7, 11) is 0. The molecular weight excluding hydrogens is 675 g/mol. The van der Waals surface area contributed by atoms with E-state index in [-0.39, 0.29) is 5.97 Å². The predicted molar refractivity (Wildman–Crippen MR) is 211 cm³/mol. The topological polar surface area (TPSA) is 44.1 Å². The van der Waals surface area contributed by atoms with Gasteiger partial charge in [-0.3, -0.25) is 0 Å². The van der Waals surface area contributed by atoms with Gasteiger partial charge in [-0.15, -0.1) is 0 Å². The molecule has 4 rings (SSSR count). The number of nitrogens with zero attached hydrogens (tertiary/aromatic N) is 2. The van der Waals surface area contributed by atoms with Crippen LogP contribution in [0.4, 0.5) is 0 Å². The van der Waals surface area contributed by atoms with Crippen molar-refractivity contribution in [3.63, 3.8) is 0 Å². The van der Waals surface area contributed by atoms with Crippen LogP contribution in [0.2, 0.25) is 0 Å². The Morgan fingerprint density at radius 1 is 0.688 bits per heavy atom. The fourth-order valence-electron chi connectivity index (χ4n) is 7.10. The molecule has 0 bridgehead atoms. The number of carbonyl (C=O) groups excluding carboxylic acids is 1. The molecule has 1 aromatic heterocycles. The van der Waals surface area contributed by atoms with Crippen molar-refractivity contribution in [2.24, 2.45) is 0 Å². The van der Waals surface area contributed by atoms with Crippen molar-refractivity contribution in [1.29, 1.82) is 0 Å². The van der Waals surface area contributed by atoms with E-state index < -0.39 is 5.31 Å². The summed E-state index contributed by atoms with van der Waals surface area (Å²) in [6, 6.07) is 33.1. The maximum atomic E-state index is 12.7. The van der Waals surface area contributed by atoms with Crippen molar-refractivity contribution >= 4 is 42.7 Å². The molecule has 260 valence electrons. The zero-order valence-electron chi connectivity index (χ0n) is 29.2. The molecule has 0 saturated carbocycles. The maximum Gasteiger partial charge on any atom is 0.0948 e. The third kappa shape index (κ3) is 10.9. The monoisotopic (exact) mass is 732 g/mol. The molecule has 0 spiro atoms. The van der Waals surface area contributed by atoms with Crippen LogP contribution in [-0.4, -0.2) is 28.3 Å². The first-order chi connectivity index (χ1) is 23.6. The van der Waals surface area contributed by atoms with Gasteiger partial charge in [-0.25, -0.2) is 4.98 Å². The number of benzene rings is 3. The number of rotatable bonds is 24. The Balaban J connectivity index is 1.11. The molecule has 4 aromatic rings. The van der Waals surface area contributed by atoms with E-state index in [0.29, 0.717) is 19.1 Å². The second kappa shape index (κ2) is 20.7. The molecule has 0 fully saturated rings. The second-order valence-corrected chi connectivity index (χ2v) is 22.4. The van der Waals surface area contributed by atoms with Crippen LogP contribution in [0.25, 0.3) is 0 Å². The molecule has 3 aromatic carbocycles. The van der Waals surface area contributed by atoms with Gasteiger partial charge < -0.3 is 4.57 Å². The summed E-state index contributed by atoms with van der Waals surface area (Å²) in [5.41, 5.74) is 0. The normalized spacial score (nSPS) is 13.1. The average Bonchev–Trinajstić information content (AvgIpc) is 3.68. The smallest absolute Gasteiger partial charge is 0.0948 e. The molecule has 0 aliphatic carbocycles. The van der Waals surface area contributed by atoms with Crippen LogP contribution in [0.3, 0.4) is 0 Å². The van der Waals surface area contributed by atoms with Gasteiger partial charge in [0.05, 0.1) is 6.33 Å². The van der Waals surface area contributed by atoms with Gasteiger partial charge in [0, 0.05) is 18.4 Å². The third-order valence-electron chi connectivity index (χ3n) is 9.87. The summed E-state index contributed by atoms with van der Waals surface area (Å²) in [4.78, 5) is 16.9. The number of aromatic nitrogens is 2. The zero-order valence-corrected chi connectivity index (χ0v) is 31.7. The van der Waals surface area contributed by atoms with Crippen molar-refractivity contribution in [2.45, 2.75) is 116 Å². The van der Waals surface area contributed by atoms with E-state index in [1.54, 1.807) is 0 Å². The van der Waals surface area contributed by atoms with Crippen LogP contribution < -0.4 is 15.9 Å². The predicted octanol–water partition coefficient (Wildman–Crippen LogP) is 11.1. The molecular formula is C42H58BrN2O2P. The number of halogens is 1. The SMILES string of the molecule is CCCCC(CCCCCCCCCCCCC(=O)OCCCP(Br)(c1ccccc1)(c1ccccc1)c1ccccc1)n1ccnc1. The number of unbranched alkanes of at least 4 members (excludes halogenated alkanes) is 10. The fourth-order valence-corrected chi connectivity index (χ4v) is 14.8. The van der Waals surface area contributed by atoms with Crippen LogP contribution in [0.15, 0.2) is 110 Å². The van der Waals surface area contributed by atoms with Crippen molar-refractivity contribution in [3.8, 4) is 0 Å². The van der Waals surface area contributed by atoms with E-state index >= 15 is 0 Å². The molecule has 48 heavy (non-hydrogen) atoms. The minimum atomic E-state index is -2.97. The van der Waals surface area contributed by atoms with Gasteiger partial charge >= 0.3 is 207 Å². The summed E-state index contributed by atoms with van der Waals surface area (Å²) >= 11 is 4.48. The molecule has 0 saturated heterocycles. The zero-order chi connectivity index (χ0) is 33.8. The molecule has 1 unspecified atom stereocenters. The standard InChI is InChI=1S/C42H58BrN2O2P/c1-2-3-24-38(45-34-33-44-37-45)25-15-10-8-6-4-5-7-9-11-22-32-42(46)47-35-23-36-48(43,39-26-16-12-17-27-39,40-28-18-13-19-29-40)41-30-20-14-21-31-41/h12-14,16-21,26-31,33-34,37-38H,2-11,15,22-25,32,35-36H2,1H3. The quantitative estimate of drug-likeness (QED) is 0.0409. The van der Waals surface area contributed by atoms with Gasteiger partial charge in [-0.05, 0) is 12.8 Å². The van der Waals surface area contributed by atoms with Gasteiger partial charge in [0.25, 0.3) is 0 Å². The third-order valence-corrected chi connectivity index (χ3v) is 19.9. The molecule has 1 atom stereocenters. The number of esters is 1. The summed E-state index contributed by atoms with van der Waals surface area (Å²) in [5, 5.41) is 0.918. The van der Waals surface area contributed by atoms with E-state index in [9.17, 15) is 4.79 Å². The Labute approximate surface area is 298 Å². The average molecular weight is 734 g/mol. The number of ether oxygens (including phenoxy) is 1. The van der Waals surface area contributed by atoms with Crippen LogP contribution in [0, 0.1) is 0 Å². The van der Waals surface area contributed by atoms with Crippen LogP contribution in [0.5, 0.6) is 0 Å². The Morgan fingerprint density at radius 2 is 1.17 bits per heavy atom. The fraction of sp³-hybridized carbons (Fsp3) is 0.476. The van der Waals surface area contributed by atoms with Crippen molar-refractivity contribution in [3.05, 3.63) is 110 Å². The van der Waals surface area contributed by atoms with Crippen molar-refractivity contribution in [1.82, 2.24) is 9.55 Å². The maximum absolute atomic E-state index is 12.7. The number of hydrogen-bond acceptors (Lipinski definition) is 3. The van der Waals surface area contributed by atoms with E-state index in [4.69, 9.17) is 4.74 Å². The first-order valence-electron chi connectivity index (χ1n) is 18.6. The second-order valence-electron chi connectivity index (χ2n) is 13.4.